The molecule has 0 heterocycles. The van der Waals surface area contributed by atoms with Crippen LogP contribution in [-0.2, 0) is 10.0 Å². The molecule has 0 saturated heterocycles. The molecule has 5 heteroatoms. The fraction of sp³-hybridized carbons (Fsp3) is 0.625. The van der Waals surface area contributed by atoms with Gasteiger partial charge in [-0.15, -0.1) is 0 Å². The van der Waals surface area contributed by atoms with Gasteiger partial charge in [0.1, 0.15) is 0 Å². The number of benzene rings is 1. The van der Waals surface area contributed by atoms with Crippen molar-refractivity contribution in [1.82, 2.24) is 4.31 Å². The summed E-state index contributed by atoms with van der Waals surface area (Å²) in [4.78, 5) is 0.346. The zero-order valence-electron chi connectivity index (χ0n) is 13.2. The first-order chi connectivity index (χ1) is 9.93. The molecular weight excluding hydrogens is 286 g/mol. The summed E-state index contributed by atoms with van der Waals surface area (Å²) in [6, 6.07) is 7.20. The minimum Gasteiger partial charge on any atom is -0.396 e. The van der Waals surface area contributed by atoms with Gasteiger partial charge in [-0.05, 0) is 49.3 Å². The minimum atomic E-state index is -3.40. The monoisotopic (exact) mass is 313 g/mol. The average molecular weight is 313 g/mol. The summed E-state index contributed by atoms with van der Waals surface area (Å²) in [6.45, 7) is 4.90. The summed E-state index contributed by atoms with van der Waals surface area (Å²) in [7, 11) is -1.80. The van der Waals surface area contributed by atoms with E-state index in [1.54, 1.807) is 19.2 Å². The van der Waals surface area contributed by atoms with Gasteiger partial charge in [0.2, 0.25) is 10.0 Å². The van der Waals surface area contributed by atoms with Crippen molar-refractivity contribution in [2.24, 2.45) is 0 Å². The van der Waals surface area contributed by atoms with Crippen molar-refractivity contribution < 1.29 is 13.5 Å². The molecule has 0 saturated carbocycles. The summed E-state index contributed by atoms with van der Waals surface area (Å²) < 4.78 is 26.2. The van der Waals surface area contributed by atoms with Crippen LogP contribution in [0.15, 0.2) is 29.2 Å². The molecule has 0 fully saturated rings. The quantitative estimate of drug-likeness (QED) is 0.713. The first kappa shape index (κ1) is 18.1. The number of aliphatic hydroxyl groups is 1. The molecule has 120 valence electrons. The molecule has 1 aromatic rings. The molecule has 0 aliphatic carbocycles. The van der Waals surface area contributed by atoms with Crippen molar-refractivity contribution in [2.75, 3.05) is 20.2 Å². The maximum Gasteiger partial charge on any atom is 0.242 e. The fourth-order valence-corrected chi connectivity index (χ4v) is 3.34. The van der Waals surface area contributed by atoms with Gasteiger partial charge in [0.05, 0.1) is 4.90 Å². The van der Waals surface area contributed by atoms with Gasteiger partial charge in [-0.25, -0.2) is 12.7 Å². The van der Waals surface area contributed by atoms with E-state index in [9.17, 15) is 8.42 Å². The molecule has 21 heavy (non-hydrogen) atoms. The Kier molecular flexibility index (Phi) is 7.35. The Morgan fingerprint density at radius 3 is 2.29 bits per heavy atom. The summed E-state index contributed by atoms with van der Waals surface area (Å²) in [5, 5.41) is 8.73. The summed E-state index contributed by atoms with van der Waals surface area (Å²) in [5.74, 6) is 0.443. The van der Waals surface area contributed by atoms with E-state index >= 15 is 0 Å². The second-order valence-electron chi connectivity index (χ2n) is 5.49. The third-order valence-electron chi connectivity index (χ3n) is 3.90. The van der Waals surface area contributed by atoms with Crippen LogP contribution in [0.4, 0.5) is 0 Å². The van der Waals surface area contributed by atoms with E-state index in [1.165, 1.54) is 9.87 Å². The van der Waals surface area contributed by atoms with E-state index < -0.39 is 10.0 Å². The number of sulfonamides is 1. The highest BCUT2D eigenvalue weighted by Gasteiger charge is 2.20. The molecule has 1 aromatic carbocycles. The molecule has 0 bridgehead atoms. The zero-order valence-corrected chi connectivity index (χ0v) is 14.1. The topological polar surface area (TPSA) is 57.6 Å². The number of nitrogens with zero attached hydrogens (tertiary/aromatic N) is 1. The highest BCUT2D eigenvalue weighted by molar-refractivity contribution is 7.89. The zero-order chi connectivity index (χ0) is 15.9. The molecule has 0 amide bonds. The Morgan fingerprint density at radius 1 is 1.14 bits per heavy atom. The molecule has 0 aliphatic rings. The summed E-state index contributed by atoms with van der Waals surface area (Å²) >= 11 is 0. The van der Waals surface area contributed by atoms with Gasteiger partial charge < -0.3 is 5.11 Å². The summed E-state index contributed by atoms with van der Waals surface area (Å²) in [6.07, 6.45) is 3.36. The first-order valence-corrected chi connectivity index (χ1v) is 9.04. The molecule has 4 nitrogen and oxygen atoms in total. The smallest absolute Gasteiger partial charge is 0.242 e. The molecule has 1 rings (SSSR count). The number of hydrogen-bond donors (Lipinski definition) is 1. The van der Waals surface area contributed by atoms with Gasteiger partial charge in [0.15, 0.2) is 0 Å². The number of aliphatic hydroxyl groups excluding tert-OH is 1. The highest BCUT2D eigenvalue weighted by Crippen LogP contribution is 2.22. The highest BCUT2D eigenvalue weighted by atomic mass is 32.2. The molecule has 1 unspecified atom stereocenters. The van der Waals surface area contributed by atoms with Gasteiger partial charge in [0, 0.05) is 20.2 Å². The van der Waals surface area contributed by atoms with Crippen molar-refractivity contribution in [3.63, 3.8) is 0 Å². The van der Waals surface area contributed by atoms with Crippen LogP contribution in [0.3, 0.4) is 0 Å². The normalized spacial score (nSPS) is 13.6. The van der Waals surface area contributed by atoms with E-state index in [0.717, 1.165) is 25.7 Å². The van der Waals surface area contributed by atoms with Gasteiger partial charge in [-0.3, -0.25) is 0 Å². The molecule has 0 aliphatic heterocycles. The van der Waals surface area contributed by atoms with Crippen LogP contribution >= 0.6 is 0 Å². The van der Waals surface area contributed by atoms with Crippen LogP contribution in [0.5, 0.6) is 0 Å². The second-order valence-corrected chi connectivity index (χ2v) is 7.53. The fourth-order valence-electron chi connectivity index (χ4n) is 2.13. The summed E-state index contributed by atoms with van der Waals surface area (Å²) in [5.41, 5.74) is 1.17. The van der Waals surface area contributed by atoms with Crippen molar-refractivity contribution >= 4 is 10.0 Å². The molecular formula is C16H27NO3S. The largest absolute Gasteiger partial charge is 0.396 e. The third kappa shape index (κ3) is 5.09. The standard InChI is InChI=1S/C16H27NO3S/c1-4-14(2)15-8-10-16(11-9-15)21(19,20)17(3)12-6-5-7-13-18/h8-11,14,18H,4-7,12-13H2,1-3H3. The van der Waals surface area contributed by atoms with E-state index in [-0.39, 0.29) is 6.61 Å². The Bertz CT molecular complexity index is 511. The minimum absolute atomic E-state index is 0.160. The van der Waals surface area contributed by atoms with Gasteiger partial charge >= 0.3 is 0 Å². The van der Waals surface area contributed by atoms with Crippen molar-refractivity contribution in [2.45, 2.75) is 50.3 Å². The SMILES string of the molecule is CCC(C)c1ccc(S(=O)(=O)N(C)CCCCCO)cc1. The van der Waals surface area contributed by atoms with E-state index in [1.807, 2.05) is 12.1 Å². The van der Waals surface area contributed by atoms with Crippen LogP contribution in [0.2, 0.25) is 0 Å². The lowest BCUT2D eigenvalue weighted by Crippen LogP contribution is -2.28. The molecule has 1 atom stereocenters. The lowest BCUT2D eigenvalue weighted by Gasteiger charge is -2.18. The van der Waals surface area contributed by atoms with Crippen molar-refractivity contribution in [1.29, 1.82) is 0 Å². The molecule has 0 spiro atoms. The lowest BCUT2D eigenvalue weighted by molar-refractivity contribution is 0.281. The second kappa shape index (κ2) is 8.51. The molecule has 0 radical (unpaired) electrons. The molecule has 1 N–H and O–H groups in total. The van der Waals surface area contributed by atoms with Crippen LogP contribution in [0, 0.1) is 0 Å². The van der Waals surface area contributed by atoms with Crippen LogP contribution in [0.1, 0.15) is 51.0 Å². The third-order valence-corrected chi connectivity index (χ3v) is 5.77. The molecule has 0 aromatic heterocycles. The van der Waals surface area contributed by atoms with E-state index in [4.69, 9.17) is 5.11 Å². The lowest BCUT2D eigenvalue weighted by atomic mass is 9.99. The predicted molar refractivity (Wildman–Crippen MR) is 85.9 cm³/mol. The van der Waals surface area contributed by atoms with Crippen molar-refractivity contribution in [3.8, 4) is 0 Å². The number of rotatable bonds is 9. The number of hydrogen-bond acceptors (Lipinski definition) is 3. The van der Waals surface area contributed by atoms with Crippen LogP contribution < -0.4 is 0 Å². The Labute approximate surface area is 128 Å². The van der Waals surface area contributed by atoms with Gasteiger partial charge in [-0.1, -0.05) is 26.0 Å². The predicted octanol–water partition coefficient (Wildman–Crippen LogP) is 2.98. The van der Waals surface area contributed by atoms with E-state index in [0.29, 0.717) is 17.4 Å². The maximum absolute atomic E-state index is 12.4. The maximum atomic E-state index is 12.4. The van der Waals surface area contributed by atoms with E-state index in [2.05, 4.69) is 13.8 Å². The van der Waals surface area contributed by atoms with Gasteiger partial charge in [-0.2, -0.15) is 0 Å². The van der Waals surface area contributed by atoms with Crippen molar-refractivity contribution in [3.05, 3.63) is 29.8 Å². The Balaban J connectivity index is 2.73. The van der Waals surface area contributed by atoms with Crippen LogP contribution in [0.25, 0.3) is 0 Å². The Morgan fingerprint density at radius 2 is 1.76 bits per heavy atom. The van der Waals surface area contributed by atoms with Crippen LogP contribution in [-0.4, -0.2) is 38.0 Å². The first-order valence-electron chi connectivity index (χ1n) is 7.60. The number of unbranched alkanes of at least 4 members (excludes halogenated alkanes) is 2. The Hall–Kier alpha value is -0.910. The average Bonchev–Trinajstić information content (AvgIpc) is 2.50. The van der Waals surface area contributed by atoms with Gasteiger partial charge in [0.25, 0.3) is 0 Å².